The predicted octanol–water partition coefficient (Wildman–Crippen LogP) is 2.82. The molecular formula is C13H11BrN4. The fourth-order valence-corrected chi connectivity index (χ4v) is 2.14. The van der Waals surface area contributed by atoms with E-state index < -0.39 is 0 Å². The second kappa shape index (κ2) is 4.42. The van der Waals surface area contributed by atoms with Crippen molar-refractivity contribution in [3.05, 3.63) is 52.5 Å². The van der Waals surface area contributed by atoms with Crippen LogP contribution in [0.25, 0.3) is 11.0 Å². The quantitative estimate of drug-likeness (QED) is 0.741. The van der Waals surface area contributed by atoms with Gasteiger partial charge in [-0.1, -0.05) is 28.1 Å². The van der Waals surface area contributed by atoms with Crippen molar-refractivity contribution in [3.63, 3.8) is 0 Å². The molecule has 0 saturated carbocycles. The Morgan fingerprint density at radius 1 is 1.00 bits per heavy atom. The maximum absolute atomic E-state index is 5.65. The minimum absolute atomic E-state index is 0.645. The van der Waals surface area contributed by atoms with Gasteiger partial charge in [-0.05, 0) is 35.9 Å². The van der Waals surface area contributed by atoms with E-state index in [4.69, 9.17) is 5.73 Å². The van der Waals surface area contributed by atoms with Crippen molar-refractivity contribution in [2.24, 2.45) is 0 Å². The van der Waals surface area contributed by atoms with E-state index in [9.17, 15) is 0 Å². The highest BCUT2D eigenvalue weighted by Gasteiger charge is 2.03. The van der Waals surface area contributed by atoms with E-state index in [1.165, 1.54) is 0 Å². The molecule has 0 radical (unpaired) electrons. The summed E-state index contributed by atoms with van der Waals surface area (Å²) in [4.78, 5) is 1.70. The van der Waals surface area contributed by atoms with Gasteiger partial charge in [0.15, 0.2) is 0 Å². The number of anilines is 1. The van der Waals surface area contributed by atoms with Crippen molar-refractivity contribution < 1.29 is 0 Å². The molecule has 4 nitrogen and oxygen atoms in total. The average Bonchev–Trinajstić information content (AvgIpc) is 2.73. The zero-order chi connectivity index (χ0) is 12.5. The van der Waals surface area contributed by atoms with Gasteiger partial charge in [0.1, 0.15) is 11.0 Å². The Morgan fingerprint density at radius 2 is 1.72 bits per heavy atom. The highest BCUT2D eigenvalue weighted by atomic mass is 79.9. The first kappa shape index (κ1) is 11.2. The largest absolute Gasteiger partial charge is 0.399 e. The fraction of sp³-hybridized carbons (Fsp3) is 0.0769. The minimum Gasteiger partial charge on any atom is -0.399 e. The fourth-order valence-electron chi connectivity index (χ4n) is 1.79. The number of fused-ring (bicyclic) bond motifs is 1. The first-order chi connectivity index (χ1) is 8.70. The number of nitrogens with zero attached hydrogens (tertiary/aromatic N) is 3. The van der Waals surface area contributed by atoms with Crippen LogP contribution in [0.5, 0.6) is 0 Å². The van der Waals surface area contributed by atoms with Crippen LogP contribution in [0.4, 0.5) is 5.69 Å². The van der Waals surface area contributed by atoms with Crippen LogP contribution in [0.1, 0.15) is 5.56 Å². The summed E-state index contributed by atoms with van der Waals surface area (Å²) in [5.74, 6) is 0. The van der Waals surface area contributed by atoms with Gasteiger partial charge in [-0.3, -0.25) is 0 Å². The zero-order valence-corrected chi connectivity index (χ0v) is 11.1. The molecule has 0 aliphatic rings. The van der Waals surface area contributed by atoms with Crippen molar-refractivity contribution in [1.29, 1.82) is 0 Å². The highest BCUT2D eigenvalue weighted by molar-refractivity contribution is 9.10. The van der Waals surface area contributed by atoms with Crippen molar-refractivity contribution >= 4 is 32.7 Å². The van der Waals surface area contributed by atoms with E-state index in [0.717, 1.165) is 26.8 Å². The van der Waals surface area contributed by atoms with E-state index in [1.54, 1.807) is 4.80 Å². The number of nitrogens with two attached hydrogens (primary N) is 1. The van der Waals surface area contributed by atoms with Crippen molar-refractivity contribution in [2.45, 2.75) is 6.54 Å². The molecule has 2 aromatic carbocycles. The summed E-state index contributed by atoms with van der Waals surface area (Å²) in [6.45, 7) is 0.645. The van der Waals surface area contributed by atoms with Crippen LogP contribution in [0.2, 0.25) is 0 Å². The molecule has 0 saturated heterocycles. The van der Waals surface area contributed by atoms with E-state index in [1.807, 2.05) is 42.5 Å². The van der Waals surface area contributed by atoms with Crippen LogP contribution in [0, 0.1) is 0 Å². The summed E-state index contributed by atoms with van der Waals surface area (Å²) in [7, 11) is 0. The van der Waals surface area contributed by atoms with E-state index in [0.29, 0.717) is 6.54 Å². The molecule has 5 heteroatoms. The number of nitrogen functional groups attached to an aromatic ring is 1. The molecule has 0 unspecified atom stereocenters. The topological polar surface area (TPSA) is 56.7 Å². The molecule has 0 aliphatic carbocycles. The number of rotatable bonds is 2. The standard InChI is InChI=1S/C13H11BrN4/c14-10-3-6-12-13(7-10)17-18(16-12)8-9-1-4-11(15)5-2-9/h1-7H,8,15H2. The smallest absolute Gasteiger partial charge is 0.114 e. The third-order valence-electron chi connectivity index (χ3n) is 2.69. The molecule has 0 aliphatic heterocycles. The summed E-state index contributed by atoms with van der Waals surface area (Å²) in [5.41, 5.74) is 9.33. The molecule has 90 valence electrons. The zero-order valence-electron chi connectivity index (χ0n) is 9.55. The Kier molecular flexibility index (Phi) is 2.76. The molecule has 2 N–H and O–H groups in total. The SMILES string of the molecule is Nc1ccc(Cn2nc3ccc(Br)cc3n2)cc1. The molecule has 0 bridgehead atoms. The van der Waals surface area contributed by atoms with Crippen molar-refractivity contribution in [2.75, 3.05) is 5.73 Å². The van der Waals surface area contributed by atoms with Crippen LogP contribution in [-0.4, -0.2) is 15.0 Å². The molecule has 1 heterocycles. The Labute approximate surface area is 113 Å². The van der Waals surface area contributed by atoms with Gasteiger partial charge in [-0.2, -0.15) is 15.0 Å². The lowest BCUT2D eigenvalue weighted by molar-refractivity contribution is 0.600. The summed E-state index contributed by atoms with van der Waals surface area (Å²) in [5, 5.41) is 8.86. The molecule has 3 aromatic rings. The highest BCUT2D eigenvalue weighted by Crippen LogP contribution is 2.16. The lowest BCUT2D eigenvalue weighted by Crippen LogP contribution is -2.03. The van der Waals surface area contributed by atoms with Crippen LogP contribution in [0.15, 0.2) is 46.9 Å². The molecular weight excluding hydrogens is 292 g/mol. The van der Waals surface area contributed by atoms with Gasteiger partial charge >= 0.3 is 0 Å². The van der Waals surface area contributed by atoms with E-state index >= 15 is 0 Å². The predicted molar refractivity (Wildman–Crippen MR) is 75.2 cm³/mol. The Bertz CT molecular complexity index is 688. The van der Waals surface area contributed by atoms with Gasteiger partial charge in [-0.25, -0.2) is 0 Å². The second-order valence-electron chi connectivity index (χ2n) is 4.11. The number of aromatic nitrogens is 3. The van der Waals surface area contributed by atoms with Gasteiger partial charge in [0.2, 0.25) is 0 Å². The third kappa shape index (κ3) is 2.22. The average molecular weight is 303 g/mol. The molecule has 0 amide bonds. The molecule has 18 heavy (non-hydrogen) atoms. The van der Waals surface area contributed by atoms with Crippen LogP contribution in [-0.2, 0) is 6.54 Å². The number of benzene rings is 2. The Morgan fingerprint density at radius 3 is 2.50 bits per heavy atom. The Hall–Kier alpha value is -1.88. The summed E-state index contributed by atoms with van der Waals surface area (Å²) in [6.07, 6.45) is 0. The van der Waals surface area contributed by atoms with Crippen LogP contribution >= 0.6 is 15.9 Å². The van der Waals surface area contributed by atoms with E-state index in [2.05, 4.69) is 26.1 Å². The first-order valence-corrected chi connectivity index (χ1v) is 6.35. The lowest BCUT2D eigenvalue weighted by Gasteiger charge is -2.00. The maximum Gasteiger partial charge on any atom is 0.114 e. The Balaban J connectivity index is 1.92. The molecule has 3 rings (SSSR count). The first-order valence-electron chi connectivity index (χ1n) is 5.55. The molecule has 0 spiro atoms. The van der Waals surface area contributed by atoms with Crippen LogP contribution in [0.3, 0.4) is 0 Å². The number of hydrogen-bond donors (Lipinski definition) is 1. The maximum atomic E-state index is 5.65. The van der Waals surface area contributed by atoms with Crippen LogP contribution < -0.4 is 5.73 Å². The van der Waals surface area contributed by atoms with Crippen molar-refractivity contribution in [1.82, 2.24) is 15.0 Å². The number of halogens is 1. The summed E-state index contributed by atoms with van der Waals surface area (Å²) in [6, 6.07) is 13.6. The summed E-state index contributed by atoms with van der Waals surface area (Å²) >= 11 is 3.43. The van der Waals surface area contributed by atoms with Gasteiger partial charge in [0.25, 0.3) is 0 Å². The minimum atomic E-state index is 0.645. The van der Waals surface area contributed by atoms with Gasteiger partial charge in [-0.15, -0.1) is 0 Å². The van der Waals surface area contributed by atoms with Gasteiger partial charge in [0, 0.05) is 10.2 Å². The lowest BCUT2D eigenvalue weighted by atomic mass is 10.2. The van der Waals surface area contributed by atoms with Crippen molar-refractivity contribution in [3.8, 4) is 0 Å². The van der Waals surface area contributed by atoms with Gasteiger partial charge in [0.05, 0.1) is 6.54 Å². The molecule has 0 atom stereocenters. The summed E-state index contributed by atoms with van der Waals surface area (Å²) < 4.78 is 1.01. The molecule has 1 aromatic heterocycles. The number of hydrogen-bond acceptors (Lipinski definition) is 3. The normalized spacial score (nSPS) is 10.9. The third-order valence-corrected chi connectivity index (χ3v) is 3.18. The van der Waals surface area contributed by atoms with E-state index in [-0.39, 0.29) is 0 Å². The second-order valence-corrected chi connectivity index (χ2v) is 5.02. The molecule has 0 fully saturated rings. The monoisotopic (exact) mass is 302 g/mol. The van der Waals surface area contributed by atoms with Gasteiger partial charge < -0.3 is 5.73 Å².